The monoisotopic (exact) mass is 387 g/mol. The van der Waals surface area contributed by atoms with Crippen LogP contribution >= 0.6 is 11.8 Å². The summed E-state index contributed by atoms with van der Waals surface area (Å²) in [6, 6.07) is 11.8. The molecular formula is C22H29NO3S. The Balaban J connectivity index is 1.67. The third-order valence-electron chi connectivity index (χ3n) is 3.97. The van der Waals surface area contributed by atoms with Crippen molar-refractivity contribution in [2.24, 2.45) is 0 Å². The number of anilines is 1. The molecule has 0 fully saturated rings. The Bertz CT molecular complexity index is 721. The van der Waals surface area contributed by atoms with Crippen molar-refractivity contribution in [2.45, 2.75) is 34.1 Å². The summed E-state index contributed by atoms with van der Waals surface area (Å²) in [7, 11) is 0. The lowest BCUT2D eigenvalue weighted by Crippen LogP contribution is -2.16. The fourth-order valence-corrected chi connectivity index (χ4v) is 3.39. The summed E-state index contributed by atoms with van der Waals surface area (Å²) in [5, 5.41) is 3.02. The second kappa shape index (κ2) is 10.9. The molecule has 0 aliphatic rings. The van der Waals surface area contributed by atoms with Crippen LogP contribution in [0, 0.1) is 20.8 Å². The predicted octanol–water partition coefficient (Wildman–Crippen LogP) is 5.15. The summed E-state index contributed by atoms with van der Waals surface area (Å²) in [5.41, 5.74) is 4.33. The fourth-order valence-electron chi connectivity index (χ4n) is 2.79. The summed E-state index contributed by atoms with van der Waals surface area (Å²) < 4.78 is 11.3. The van der Waals surface area contributed by atoms with Gasteiger partial charge in [-0.05, 0) is 62.6 Å². The van der Waals surface area contributed by atoms with Gasteiger partial charge in [0.05, 0.1) is 19.0 Å². The van der Waals surface area contributed by atoms with Crippen LogP contribution in [-0.2, 0) is 4.79 Å². The Morgan fingerprint density at radius 2 is 1.52 bits per heavy atom. The quantitative estimate of drug-likeness (QED) is 0.573. The number of nitrogens with one attached hydrogen (secondary N) is 1. The zero-order valence-electron chi connectivity index (χ0n) is 16.6. The Kier molecular flexibility index (Phi) is 8.52. The van der Waals surface area contributed by atoms with Crippen molar-refractivity contribution in [3.8, 4) is 11.5 Å². The van der Waals surface area contributed by atoms with Gasteiger partial charge in [-0.15, -0.1) is 11.8 Å². The minimum Gasteiger partial charge on any atom is -0.494 e. The number of benzene rings is 2. The smallest absolute Gasteiger partial charge is 0.234 e. The van der Waals surface area contributed by atoms with Gasteiger partial charge < -0.3 is 14.8 Å². The number of ether oxygens (including phenoxy) is 2. The van der Waals surface area contributed by atoms with Gasteiger partial charge in [0.15, 0.2) is 0 Å². The average Bonchev–Trinajstić information content (AvgIpc) is 2.63. The van der Waals surface area contributed by atoms with Crippen LogP contribution in [0.25, 0.3) is 0 Å². The standard InChI is InChI=1S/C22H29NO3S/c1-5-10-25-19-6-8-20(9-7-19)26-11-12-27-15-21(24)23-22-17(3)13-16(2)14-18(22)4/h6-9,13-14H,5,10-12,15H2,1-4H3,(H,23,24). The van der Waals surface area contributed by atoms with E-state index >= 15 is 0 Å². The largest absolute Gasteiger partial charge is 0.494 e. The molecule has 0 radical (unpaired) electrons. The number of hydrogen-bond donors (Lipinski definition) is 1. The summed E-state index contributed by atoms with van der Waals surface area (Å²) >= 11 is 1.57. The highest BCUT2D eigenvalue weighted by Gasteiger charge is 2.08. The second-order valence-electron chi connectivity index (χ2n) is 6.54. The summed E-state index contributed by atoms with van der Waals surface area (Å²) in [5.74, 6) is 2.87. The molecule has 1 amide bonds. The third-order valence-corrected chi connectivity index (χ3v) is 4.89. The maximum atomic E-state index is 12.2. The number of carbonyl (C=O) groups excluding carboxylic acids is 1. The Morgan fingerprint density at radius 3 is 2.07 bits per heavy atom. The van der Waals surface area contributed by atoms with Gasteiger partial charge in [0, 0.05) is 11.4 Å². The molecule has 0 aromatic heterocycles. The van der Waals surface area contributed by atoms with E-state index in [-0.39, 0.29) is 5.91 Å². The van der Waals surface area contributed by atoms with E-state index in [2.05, 4.69) is 31.3 Å². The molecular weight excluding hydrogens is 358 g/mol. The minimum atomic E-state index is 0.0208. The maximum absolute atomic E-state index is 12.2. The zero-order valence-corrected chi connectivity index (χ0v) is 17.4. The van der Waals surface area contributed by atoms with Crippen LogP contribution in [0.3, 0.4) is 0 Å². The Morgan fingerprint density at radius 1 is 0.963 bits per heavy atom. The fraction of sp³-hybridized carbons (Fsp3) is 0.409. The SMILES string of the molecule is CCCOc1ccc(OCCSCC(=O)Nc2c(C)cc(C)cc2C)cc1. The lowest BCUT2D eigenvalue weighted by atomic mass is 10.1. The van der Waals surface area contributed by atoms with E-state index in [1.807, 2.05) is 38.1 Å². The summed E-state index contributed by atoms with van der Waals surface area (Å²) in [6.45, 7) is 9.48. The first-order valence-corrected chi connectivity index (χ1v) is 10.5. The van der Waals surface area contributed by atoms with Gasteiger partial charge >= 0.3 is 0 Å². The molecule has 5 heteroatoms. The molecule has 0 saturated carbocycles. The van der Waals surface area contributed by atoms with E-state index in [4.69, 9.17) is 9.47 Å². The first-order valence-electron chi connectivity index (χ1n) is 9.30. The molecule has 27 heavy (non-hydrogen) atoms. The Labute approximate surface area is 166 Å². The molecule has 146 valence electrons. The zero-order chi connectivity index (χ0) is 19.6. The van der Waals surface area contributed by atoms with Crippen LogP contribution in [0.1, 0.15) is 30.0 Å². The van der Waals surface area contributed by atoms with E-state index in [0.29, 0.717) is 12.4 Å². The van der Waals surface area contributed by atoms with Crippen molar-refractivity contribution in [2.75, 3.05) is 30.0 Å². The molecule has 4 nitrogen and oxygen atoms in total. The van der Waals surface area contributed by atoms with Crippen LogP contribution in [0.2, 0.25) is 0 Å². The average molecular weight is 388 g/mol. The highest BCUT2D eigenvalue weighted by molar-refractivity contribution is 7.99. The van der Waals surface area contributed by atoms with Crippen LogP contribution in [0.15, 0.2) is 36.4 Å². The van der Waals surface area contributed by atoms with Crippen molar-refractivity contribution in [1.82, 2.24) is 0 Å². The van der Waals surface area contributed by atoms with Gasteiger partial charge in [-0.2, -0.15) is 0 Å². The molecule has 0 saturated heterocycles. The first kappa shape index (κ1) is 21.2. The highest BCUT2D eigenvalue weighted by Crippen LogP contribution is 2.22. The molecule has 0 heterocycles. The molecule has 0 unspecified atom stereocenters. The predicted molar refractivity (Wildman–Crippen MR) is 114 cm³/mol. The van der Waals surface area contributed by atoms with Crippen LogP contribution < -0.4 is 14.8 Å². The van der Waals surface area contributed by atoms with Gasteiger partial charge in [-0.1, -0.05) is 24.6 Å². The number of rotatable bonds is 10. The molecule has 2 aromatic carbocycles. The van der Waals surface area contributed by atoms with E-state index in [9.17, 15) is 4.79 Å². The van der Waals surface area contributed by atoms with Crippen LogP contribution in [0.5, 0.6) is 11.5 Å². The summed E-state index contributed by atoms with van der Waals surface area (Å²) in [6.07, 6.45) is 0.992. The van der Waals surface area contributed by atoms with Crippen molar-refractivity contribution in [1.29, 1.82) is 0 Å². The van der Waals surface area contributed by atoms with Crippen LogP contribution in [0.4, 0.5) is 5.69 Å². The van der Waals surface area contributed by atoms with E-state index < -0.39 is 0 Å². The second-order valence-corrected chi connectivity index (χ2v) is 7.65. The van der Waals surface area contributed by atoms with E-state index in [1.165, 1.54) is 5.56 Å². The third kappa shape index (κ3) is 7.18. The van der Waals surface area contributed by atoms with Crippen LogP contribution in [-0.4, -0.2) is 30.6 Å². The molecule has 0 atom stereocenters. The van der Waals surface area contributed by atoms with Gasteiger partial charge in [0.2, 0.25) is 5.91 Å². The molecule has 0 aliphatic carbocycles. The highest BCUT2D eigenvalue weighted by atomic mass is 32.2. The molecule has 2 aromatic rings. The van der Waals surface area contributed by atoms with Gasteiger partial charge in [-0.25, -0.2) is 0 Å². The lowest BCUT2D eigenvalue weighted by molar-refractivity contribution is -0.113. The van der Waals surface area contributed by atoms with Gasteiger partial charge in [-0.3, -0.25) is 4.79 Å². The Hall–Kier alpha value is -2.14. The van der Waals surface area contributed by atoms with Crippen molar-refractivity contribution in [3.63, 3.8) is 0 Å². The molecule has 2 rings (SSSR count). The van der Waals surface area contributed by atoms with Crippen molar-refractivity contribution >= 4 is 23.4 Å². The normalized spacial score (nSPS) is 10.5. The molecule has 0 spiro atoms. The lowest BCUT2D eigenvalue weighted by Gasteiger charge is -2.13. The maximum Gasteiger partial charge on any atom is 0.234 e. The van der Waals surface area contributed by atoms with Gasteiger partial charge in [0.25, 0.3) is 0 Å². The molecule has 1 N–H and O–H groups in total. The number of aryl methyl sites for hydroxylation is 3. The number of hydrogen-bond acceptors (Lipinski definition) is 4. The molecule has 0 bridgehead atoms. The van der Waals surface area contributed by atoms with Crippen molar-refractivity contribution < 1.29 is 14.3 Å². The minimum absolute atomic E-state index is 0.0208. The van der Waals surface area contributed by atoms with E-state index in [1.54, 1.807) is 11.8 Å². The molecule has 0 aliphatic heterocycles. The summed E-state index contributed by atoms with van der Waals surface area (Å²) in [4.78, 5) is 12.2. The number of carbonyl (C=O) groups is 1. The number of thioether (sulfide) groups is 1. The van der Waals surface area contributed by atoms with Crippen molar-refractivity contribution in [3.05, 3.63) is 53.1 Å². The van der Waals surface area contributed by atoms with E-state index in [0.717, 1.165) is 47.1 Å². The topological polar surface area (TPSA) is 47.6 Å². The number of amides is 1. The first-order chi connectivity index (χ1) is 13.0. The van der Waals surface area contributed by atoms with Gasteiger partial charge in [0.1, 0.15) is 11.5 Å².